The fourth-order valence-electron chi connectivity index (χ4n) is 2.32. The van der Waals surface area contributed by atoms with E-state index >= 15 is 0 Å². The maximum atomic E-state index is 12.3. The number of hydrogen-bond acceptors (Lipinski definition) is 5. The van der Waals surface area contributed by atoms with Gasteiger partial charge < -0.3 is 20.5 Å². The monoisotopic (exact) mass is 268 g/mol. The van der Waals surface area contributed by atoms with Crippen molar-refractivity contribution in [2.45, 2.75) is 25.9 Å². The highest BCUT2D eigenvalue weighted by Gasteiger charge is 2.27. The van der Waals surface area contributed by atoms with Crippen LogP contribution in [0.5, 0.6) is 0 Å². The van der Waals surface area contributed by atoms with Crippen LogP contribution in [-0.4, -0.2) is 58.5 Å². The number of anilines is 1. The number of carbonyl (C=O) groups excluding carboxylic acids is 1. The van der Waals surface area contributed by atoms with Gasteiger partial charge in [0.15, 0.2) is 5.82 Å². The molecular weight excluding hydrogens is 248 g/mol. The van der Waals surface area contributed by atoms with Gasteiger partial charge in [-0.1, -0.05) is 0 Å². The van der Waals surface area contributed by atoms with E-state index in [1.165, 1.54) is 0 Å². The number of nitrogen functional groups attached to an aromatic ring is 1. The molecule has 19 heavy (non-hydrogen) atoms. The maximum absolute atomic E-state index is 12.3. The maximum Gasteiger partial charge on any atom is 0.259 e. The summed E-state index contributed by atoms with van der Waals surface area (Å²) in [5.41, 5.74) is 6.86. The second-order valence-corrected chi connectivity index (χ2v) is 4.69. The lowest BCUT2D eigenvalue weighted by Gasteiger charge is -2.31. The number of aliphatic hydroxyl groups excluding tert-OH is 1. The Hall–Kier alpha value is -1.60. The zero-order valence-corrected chi connectivity index (χ0v) is 11.1. The van der Waals surface area contributed by atoms with Crippen molar-refractivity contribution in [1.29, 1.82) is 0 Å². The molecule has 1 aromatic rings. The van der Waals surface area contributed by atoms with E-state index in [0.29, 0.717) is 31.0 Å². The molecule has 1 saturated heterocycles. The van der Waals surface area contributed by atoms with Crippen molar-refractivity contribution >= 4 is 11.7 Å². The van der Waals surface area contributed by atoms with Crippen molar-refractivity contribution < 1.29 is 14.6 Å². The molecule has 2 rings (SSSR count). The first-order valence-corrected chi connectivity index (χ1v) is 6.45. The summed E-state index contributed by atoms with van der Waals surface area (Å²) in [5.74, 6) is 0.172. The Kier molecular flexibility index (Phi) is 4.39. The van der Waals surface area contributed by atoms with Gasteiger partial charge in [-0.3, -0.25) is 9.89 Å². The number of piperidine rings is 1. The summed E-state index contributed by atoms with van der Waals surface area (Å²) >= 11 is 0. The molecule has 0 saturated carbocycles. The van der Waals surface area contributed by atoms with Crippen LogP contribution in [0.4, 0.5) is 5.82 Å². The molecule has 4 N–H and O–H groups in total. The van der Waals surface area contributed by atoms with Crippen molar-refractivity contribution in [1.82, 2.24) is 15.1 Å². The minimum Gasteiger partial charge on any atom is -0.394 e. The normalized spacial score (nSPS) is 16.8. The molecule has 7 heteroatoms. The molecule has 1 amide bonds. The number of nitrogens with one attached hydrogen (secondary N) is 1. The molecule has 7 nitrogen and oxygen atoms in total. The third-order valence-electron chi connectivity index (χ3n) is 3.36. The summed E-state index contributed by atoms with van der Waals surface area (Å²) in [6.45, 7) is 3.45. The summed E-state index contributed by atoms with van der Waals surface area (Å²) in [6, 6.07) is 0. The van der Waals surface area contributed by atoms with Gasteiger partial charge >= 0.3 is 0 Å². The number of hydrogen-bond donors (Lipinski definition) is 3. The van der Waals surface area contributed by atoms with E-state index in [1.807, 2.05) is 0 Å². The first-order chi connectivity index (χ1) is 9.13. The minimum absolute atomic E-state index is 0.0316. The Morgan fingerprint density at radius 1 is 1.58 bits per heavy atom. The third-order valence-corrected chi connectivity index (χ3v) is 3.36. The van der Waals surface area contributed by atoms with Gasteiger partial charge in [0.05, 0.1) is 19.3 Å². The number of ether oxygens (including phenoxy) is 1. The first-order valence-electron chi connectivity index (χ1n) is 6.45. The number of carbonyl (C=O) groups is 1. The van der Waals surface area contributed by atoms with Crippen molar-refractivity contribution in [2.75, 3.05) is 32.0 Å². The highest BCUT2D eigenvalue weighted by molar-refractivity contribution is 5.99. The Bertz CT molecular complexity index is 419. The van der Waals surface area contributed by atoms with Gasteiger partial charge in [-0.05, 0) is 19.8 Å². The van der Waals surface area contributed by atoms with Gasteiger partial charge in [0.25, 0.3) is 5.91 Å². The number of aromatic amines is 1. The second-order valence-electron chi connectivity index (χ2n) is 4.69. The number of nitrogens with zero attached hydrogens (tertiary/aromatic N) is 2. The molecule has 0 spiro atoms. The lowest BCUT2D eigenvalue weighted by Crippen LogP contribution is -2.41. The molecule has 1 fully saturated rings. The summed E-state index contributed by atoms with van der Waals surface area (Å²) in [7, 11) is 0. The molecule has 1 aromatic heterocycles. The number of amides is 1. The summed E-state index contributed by atoms with van der Waals surface area (Å²) in [5, 5.41) is 15.3. The number of nitrogens with two attached hydrogens (primary N) is 1. The van der Waals surface area contributed by atoms with Crippen LogP contribution in [0, 0.1) is 6.92 Å². The predicted octanol–water partition coefficient (Wildman–Crippen LogP) is -0.0862. The molecule has 1 aliphatic rings. The Morgan fingerprint density at radius 3 is 2.79 bits per heavy atom. The minimum atomic E-state index is -0.0793. The molecule has 2 heterocycles. The molecule has 0 atom stereocenters. The summed E-state index contributed by atoms with van der Waals surface area (Å²) in [6.07, 6.45) is 1.68. The van der Waals surface area contributed by atoms with E-state index in [1.54, 1.807) is 11.8 Å². The van der Waals surface area contributed by atoms with Gasteiger partial charge in [0, 0.05) is 18.8 Å². The molecule has 106 valence electrons. The summed E-state index contributed by atoms with van der Waals surface area (Å²) in [4.78, 5) is 14.1. The Labute approximate surface area is 111 Å². The zero-order chi connectivity index (χ0) is 13.8. The molecule has 0 bridgehead atoms. The van der Waals surface area contributed by atoms with Gasteiger partial charge in [0.1, 0.15) is 5.56 Å². The number of H-pyrrole nitrogens is 1. The molecule has 1 aliphatic heterocycles. The van der Waals surface area contributed by atoms with Gasteiger partial charge in [0.2, 0.25) is 0 Å². The van der Waals surface area contributed by atoms with Gasteiger partial charge in [-0.2, -0.15) is 5.10 Å². The standard InChI is InChI=1S/C12H20N4O3/c1-8-10(11(13)15-14-8)12(18)16-4-2-9(3-5-16)19-7-6-17/h9,17H,2-7H2,1H3,(H3,13,14,15). The molecule has 0 aliphatic carbocycles. The lowest BCUT2D eigenvalue weighted by molar-refractivity contribution is -0.00553. The van der Waals surface area contributed by atoms with Crippen molar-refractivity contribution in [2.24, 2.45) is 0 Å². The highest BCUT2D eigenvalue weighted by Crippen LogP contribution is 2.20. The highest BCUT2D eigenvalue weighted by atomic mass is 16.5. The van der Waals surface area contributed by atoms with Crippen LogP contribution in [-0.2, 0) is 4.74 Å². The Morgan fingerprint density at radius 2 is 2.26 bits per heavy atom. The predicted molar refractivity (Wildman–Crippen MR) is 69.7 cm³/mol. The fraction of sp³-hybridized carbons (Fsp3) is 0.667. The van der Waals surface area contributed by atoms with Gasteiger partial charge in [-0.25, -0.2) is 0 Å². The summed E-state index contributed by atoms with van der Waals surface area (Å²) < 4.78 is 5.47. The van der Waals surface area contributed by atoms with Crippen LogP contribution < -0.4 is 5.73 Å². The van der Waals surface area contributed by atoms with E-state index in [0.717, 1.165) is 12.8 Å². The SMILES string of the molecule is Cc1[nH]nc(N)c1C(=O)N1CCC(OCCO)CC1. The van der Waals surface area contributed by atoms with Crippen molar-refractivity contribution in [3.8, 4) is 0 Å². The second kappa shape index (κ2) is 6.03. The Balaban J connectivity index is 1.93. The quantitative estimate of drug-likeness (QED) is 0.708. The average molecular weight is 268 g/mol. The number of likely N-dealkylation sites (tertiary alicyclic amines) is 1. The smallest absolute Gasteiger partial charge is 0.259 e. The number of aryl methyl sites for hydroxylation is 1. The lowest BCUT2D eigenvalue weighted by atomic mass is 10.1. The van der Waals surface area contributed by atoms with E-state index in [-0.39, 0.29) is 24.4 Å². The van der Waals surface area contributed by atoms with Crippen molar-refractivity contribution in [3.05, 3.63) is 11.3 Å². The van der Waals surface area contributed by atoms with E-state index in [2.05, 4.69) is 10.2 Å². The molecule has 0 radical (unpaired) electrons. The number of rotatable bonds is 4. The number of aliphatic hydroxyl groups is 1. The van der Waals surface area contributed by atoms with Crippen molar-refractivity contribution in [3.63, 3.8) is 0 Å². The van der Waals surface area contributed by atoms with E-state index in [4.69, 9.17) is 15.6 Å². The number of aromatic nitrogens is 2. The van der Waals surface area contributed by atoms with Crippen LogP contribution in [0.2, 0.25) is 0 Å². The van der Waals surface area contributed by atoms with Crippen LogP contribution in [0.3, 0.4) is 0 Å². The molecule has 0 unspecified atom stereocenters. The third kappa shape index (κ3) is 3.05. The topological polar surface area (TPSA) is 104 Å². The van der Waals surface area contributed by atoms with E-state index < -0.39 is 0 Å². The fourth-order valence-corrected chi connectivity index (χ4v) is 2.32. The first kappa shape index (κ1) is 13.8. The zero-order valence-electron chi connectivity index (χ0n) is 11.1. The largest absolute Gasteiger partial charge is 0.394 e. The van der Waals surface area contributed by atoms with Crippen LogP contribution >= 0.6 is 0 Å². The van der Waals surface area contributed by atoms with Gasteiger partial charge in [-0.15, -0.1) is 0 Å². The van der Waals surface area contributed by atoms with Crippen LogP contribution in [0.25, 0.3) is 0 Å². The molecular formula is C12H20N4O3. The van der Waals surface area contributed by atoms with Crippen LogP contribution in [0.1, 0.15) is 28.9 Å². The van der Waals surface area contributed by atoms with E-state index in [9.17, 15) is 4.79 Å². The average Bonchev–Trinajstić information content (AvgIpc) is 2.76. The molecule has 0 aromatic carbocycles. The van der Waals surface area contributed by atoms with Crippen LogP contribution in [0.15, 0.2) is 0 Å².